The molecule has 1 atom stereocenters. The highest BCUT2D eigenvalue weighted by Crippen LogP contribution is 2.23. The Morgan fingerprint density at radius 2 is 2.03 bits per heavy atom. The lowest BCUT2D eigenvalue weighted by Crippen LogP contribution is -2.46. The van der Waals surface area contributed by atoms with Crippen LogP contribution < -0.4 is 15.4 Å². The highest BCUT2D eigenvalue weighted by Gasteiger charge is 2.23. The van der Waals surface area contributed by atoms with Crippen molar-refractivity contribution in [3.63, 3.8) is 0 Å². The number of aliphatic imine (C=N–C) groups is 1. The van der Waals surface area contributed by atoms with Crippen LogP contribution >= 0.6 is 11.3 Å². The van der Waals surface area contributed by atoms with Crippen LogP contribution in [-0.2, 0) is 11.3 Å². The molecule has 0 bridgehead atoms. The second-order valence-electron chi connectivity index (χ2n) is 6.87. The molecule has 1 aromatic heterocycles. The maximum atomic E-state index is 5.55. The van der Waals surface area contributed by atoms with E-state index in [9.17, 15) is 0 Å². The molecule has 0 radical (unpaired) electrons. The first-order chi connectivity index (χ1) is 14.2. The van der Waals surface area contributed by atoms with Gasteiger partial charge in [0.15, 0.2) is 5.96 Å². The average Bonchev–Trinajstić information content (AvgIpc) is 3.18. The molecule has 0 aliphatic carbocycles. The van der Waals surface area contributed by atoms with Gasteiger partial charge in [-0.25, -0.2) is 9.98 Å². The van der Waals surface area contributed by atoms with E-state index in [-0.39, 0.29) is 6.04 Å². The van der Waals surface area contributed by atoms with Gasteiger partial charge in [-0.05, 0) is 31.5 Å². The standard InChI is InChI=1S/C21H31N5O2S/c1-4-22-21(24-14-20-16(2)25-15-29-20)23-13-19(26-9-11-28-12-10-26)17-5-7-18(27-3)8-6-17/h5-8,15,19H,4,9-14H2,1-3H3,(H2,22,23,24). The van der Waals surface area contributed by atoms with Gasteiger partial charge in [0.2, 0.25) is 0 Å². The van der Waals surface area contributed by atoms with Crippen LogP contribution in [0, 0.1) is 6.92 Å². The number of methoxy groups -OCH3 is 1. The Morgan fingerprint density at radius 1 is 1.28 bits per heavy atom. The molecular weight excluding hydrogens is 386 g/mol. The van der Waals surface area contributed by atoms with E-state index in [1.807, 2.05) is 24.6 Å². The van der Waals surface area contributed by atoms with E-state index in [0.29, 0.717) is 6.54 Å². The minimum atomic E-state index is 0.235. The molecule has 7 nitrogen and oxygen atoms in total. The summed E-state index contributed by atoms with van der Waals surface area (Å²) in [5, 5.41) is 6.89. The van der Waals surface area contributed by atoms with Gasteiger partial charge in [-0.3, -0.25) is 4.90 Å². The molecule has 1 aromatic carbocycles. The zero-order valence-corrected chi connectivity index (χ0v) is 18.3. The van der Waals surface area contributed by atoms with Gasteiger partial charge in [-0.1, -0.05) is 12.1 Å². The summed E-state index contributed by atoms with van der Waals surface area (Å²) in [4.78, 5) is 12.7. The van der Waals surface area contributed by atoms with Crippen LogP contribution in [0.15, 0.2) is 34.8 Å². The van der Waals surface area contributed by atoms with Crippen molar-refractivity contribution in [2.75, 3.05) is 46.5 Å². The van der Waals surface area contributed by atoms with Crippen molar-refractivity contribution >= 4 is 17.3 Å². The fraction of sp³-hybridized carbons (Fsp3) is 0.524. The fourth-order valence-electron chi connectivity index (χ4n) is 3.34. The first-order valence-corrected chi connectivity index (χ1v) is 11.0. The number of guanidine groups is 1. The van der Waals surface area contributed by atoms with Crippen LogP contribution in [0.5, 0.6) is 5.75 Å². The van der Waals surface area contributed by atoms with Gasteiger partial charge in [0.25, 0.3) is 0 Å². The third-order valence-corrected chi connectivity index (χ3v) is 5.94. The minimum Gasteiger partial charge on any atom is -0.497 e. The van der Waals surface area contributed by atoms with Gasteiger partial charge in [0.05, 0.1) is 44.1 Å². The summed E-state index contributed by atoms with van der Waals surface area (Å²) in [6, 6.07) is 8.57. The Balaban J connectivity index is 1.71. The molecular formula is C21H31N5O2S. The number of nitrogens with one attached hydrogen (secondary N) is 2. The van der Waals surface area contributed by atoms with Crippen molar-refractivity contribution in [1.29, 1.82) is 0 Å². The second-order valence-corrected chi connectivity index (χ2v) is 7.81. The van der Waals surface area contributed by atoms with Gasteiger partial charge < -0.3 is 20.1 Å². The first-order valence-electron chi connectivity index (χ1n) is 10.1. The number of aromatic nitrogens is 1. The number of ether oxygens (including phenoxy) is 2. The molecule has 2 N–H and O–H groups in total. The summed E-state index contributed by atoms with van der Waals surface area (Å²) in [7, 11) is 1.69. The molecule has 29 heavy (non-hydrogen) atoms. The smallest absolute Gasteiger partial charge is 0.191 e. The van der Waals surface area contributed by atoms with Crippen molar-refractivity contribution in [2.24, 2.45) is 4.99 Å². The van der Waals surface area contributed by atoms with Gasteiger partial charge >= 0.3 is 0 Å². The molecule has 1 saturated heterocycles. The van der Waals surface area contributed by atoms with Crippen molar-refractivity contribution < 1.29 is 9.47 Å². The van der Waals surface area contributed by atoms with Crippen molar-refractivity contribution in [2.45, 2.75) is 26.4 Å². The Morgan fingerprint density at radius 3 is 2.66 bits per heavy atom. The second kappa shape index (κ2) is 11.1. The molecule has 1 aliphatic heterocycles. The molecule has 0 saturated carbocycles. The Bertz CT molecular complexity index is 772. The summed E-state index contributed by atoms with van der Waals surface area (Å²) in [5.41, 5.74) is 4.19. The van der Waals surface area contributed by atoms with E-state index in [1.165, 1.54) is 10.4 Å². The summed E-state index contributed by atoms with van der Waals surface area (Å²) in [5.74, 6) is 1.70. The molecule has 158 valence electrons. The van der Waals surface area contributed by atoms with Crippen molar-refractivity contribution in [3.8, 4) is 5.75 Å². The van der Waals surface area contributed by atoms with Crippen LogP contribution in [0.4, 0.5) is 0 Å². The van der Waals surface area contributed by atoms with Gasteiger partial charge in [0, 0.05) is 31.1 Å². The Kier molecular flexibility index (Phi) is 8.27. The van der Waals surface area contributed by atoms with E-state index in [4.69, 9.17) is 14.5 Å². The number of thiazole rings is 1. The van der Waals surface area contributed by atoms with Crippen LogP contribution in [-0.4, -0.2) is 62.3 Å². The van der Waals surface area contributed by atoms with E-state index in [0.717, 1.165) is 56.8 Å². The third kappa shape index (κ3) is 6.16. The number of benzene rings is 1. The van der Waals surface area contributed by atoms with E-state index in [1.54, 1.807) is 18.4 Å². The number of hydrogen-bond donors (Lipinski definition) is 2. The van der Waals surface area contributed by atoms with Crippen LogP contribution in [0.25, 0.3) is 0 Å². The number of hydrogen-bond acceptors (Lipinski definition) is 6. The van der Waals surface area contributed by atoms with Gasteiger partial charge in [-0.15, -0.1) is 11.3 Å². The predicted octanol–water partition coefficient (Wildman–Crippen LogP) is 2.59. The number of nitrogens with zero attached hydrogens (tertiary/aromatic N) is 3. The molecule has 3 rings (SSSR count). The Labute approximate surface area is 177 Å². The SMILES string of the molecule is CCNC(=NCc1scnc1C)NCC(c1ccc(OC)cc1)N1CCOCC1. The lowest BCUT2D eigenvalue weighted by Gasteiger charge is -2.35. The predicted molar refractivity (Wildman–Crippen MR) is 118 cm³/mol. The molecule has 1 unspecified atom stereocenters. The molecule has 2 aromatic rings. The van der Waals surface area contributed by atoms with Crippen molar-refractivity contribution in [3.05, 3.63) is 45.9 Å². The molecule has 0 amide bonds. The number of rotatable bonds is 8. The quantitative estimate of drug-likeness (QED) is 0.508. The van der Waals surface area contributed by atoms with Crippen LogP contribution in [0.3, 0.4) is 0 Å². The van der Waals surface area contributed by atoms with Gasteiger partial charge in [0.1, 0.15) is 5.75 Å². The minimum absolute atomic E-state index is 0.235. The highest BCUT2D eigenvalue weighted by molar-refractivity contribution is 7.09. The van der Waals surface area contributed by atoms with Crippen LogP contribution in [0.2, 0.25) is 0 Å². The van der Waals surface area contributed by atoms with E-state index in [2.05, 4.69) is 39.6 Å². The van der Waals surface area contributed by atoms with Gasteiger partial charge in [-0.2, -0.15) is 0 Å². The van der Waals surface area contributed by atoms with E-state index < -0.39 is 0 Å². The number of morpholine rings is 1. The summed E-state index contributed by atoms with van der Waals surface area (Å²) < 4.78 is 10.9. The Hall–Kier alpha value is -2.16. The maximum Gasteiger partial charge on any atom is 0.191 e. The van der Waals surface area contributed by atoms with Crippen LogP contribution in [0.1, 0.15) is 29.1 Å². The molecule has 2 heterocycles. The maximum absolute atomic E-state index is 5.55. The average molecular weight is 418 g/mol. The van der Waals surface area contributed by atoms with Crippen molar-refractivity contribution in [1.82, 2.24) is 20.5 Å². The summed E-state index contributed by atoms with van der Waals surface area (Å²) in [6.07, 6.45) is 0. The topological polar surface area (TPSA) is 71.0 Å². The lowest BCUT2D eigenvalue weighted by molar-refractivity contribution is 0.0170. The highest BCUT2D eigenvalue weighted by atomic mass is 32.1. The monoisotopic (exact) mass is 417 g/mol. The number of aryl methyl sites for hydroxylation is 1. The lowest BCUT2D eigenvalue weighted by atomic mass is 10.0. The largest absolute Gasteiger partial charge is 0.497 e. The molecule has 1 aliphatic rings. The molecule has 1 fully saturated rings. The fourth-order valence-corrected chi connectivity index (χ4v) is 4.04. The van der Waals surface area contributed by atoms with E-state index >= 15 is 0 Å². The zero-order chi connectivity index (χ0) is 20.5. The summed E-state index contributed by atoms with van der Waals surface area (Å²) >= 11 is 1.65. The normalized spacial score (nSPS) is 16.4. The zero-order valence-electron chi connectivity index (χ0n) is 17.5. The third-order valence-electron chi connectivity index (χ3n) is 5.02. The first kappa shape index (κ1) is 21.5. The molecule has 0 spiro atoms. The molecule has 8 heteroatoms. The summed E-state index contributed by atoms with van der Waals surface area (Å²) in [6.45, 7) is 9.71.